The van der Waals surface area contributed by atoms with Crippen LogP contribution < -0.4 is 0 Å². The number of carbonyl (C=O) groups is 1. The van der Waals surface area contributed by atoms with Crippen LogP contribution in [0.3, 0.4) is 0 Å². The monoisotopic (exact) mass is 114 g/mol. The highest BCUT2D eigenvalue weighted by Crippen LogP contribution is 1.96. The van der Waals surface area contributed by atoms with Gasteiger partial charge in [-0.3, -0.25) is 0 Å². The Hall–Kier alpha value is -0.830. The Kier molecular flexibility index (Phi) is 1.30. The molecule has 44 valence electrons. The zero-order valence-electron chi connectivity index (χ0n) is 4.20. The van der Waals surface area contributed by atoms with Gasteiger partial charge in [-0.25, -0.2) is 4.79 Å². The molecule has 0 unspecified atom stereocenters. The van der Waals surface area contributed by atoms with E-state index in [1.807, 2.05) is 0 Å². The van der Waals surface area contributed by atoms with Crippen molar-refractivity contribution in [2.45, 2.75) is 6.10 Å². The van der Waals surface area contributed by atoms with Gasteiger partial charge in [0.2, 0.25) is 0 Å². The highest BCUT2D eigenvalue weighted by Gasteiger charge is 2.08. The lowest BCUT2D eigenvalue weighted by molar-refractivity contribution is -0.141. The van der Waals surface area contributed by atoms with Crippen LogP contribution in [-0.2, 0) is 9.53 Å². The summed E-state index contributed by atoms with van der Waals surface area (Å²) in [6, 6.07) is 0. The standard InChI is InChI=1S/C5H6O3/c6-4-1-2-5(7)8-3-4/h1-2,4,6H,3H2/t4-/m1/s1. The molecule has 1 rings (SSSR count). The Morgan fingerprint density at radius 2 is 2.62 bits per heavy atom. The molecule has 3 nitrogen and oxygen atoms in total. The summed E-state index contributed by atoms with van der Waals surface area (Å²) in [5.74, 6) is -0.379. The van der Waals surface area contributed by atoms with E-state index in [-0.39, 0.29) is 12.6 Å². The van der Waals surface area contributed by atoms with Gasteiger partial charge in [0.15, 0.2) is 0 Å². The minimum Gasteiger partial charge on any atom is -0.459 e. The highest BCUT2D eigenvalue weighted by atomic mass is 16.5. The third-order valence-electron chi connectivity index (χ3n) is 0.851. The number of aliphatic hydroxyl groups is 1. The summed E-state index contributed by atoms with van der Waals surface area (Å²) >= 11 is 0. The average molecular weight is 114 g/mol. The molecule has 0 spiro atoms. The van der Waals surface area contributed by atoms with Gasteiger partial charge in [-0.1, -0.05) is 0 Å². The van der Waals surface area contributed by atoms with Gasteiger partial charge in [0.05, 0.1) is 0 Å². The zero-order valence-corrected chi connectivity index (χ0v) is 4.20. The third-order valence-corrected chi connectivity index (χ3v) is 0.851. The Labute approximate surface area is 46.6 Å². The van der Waals surface area contributed by atoms with E-state index in [4.69, 9.17) is 5.11 Å². The van der Waals surface area contributed by atoms with Crippen LogP contribution in [0.1, 0.15) is 0 Å². The maximum Gasteiger partial charge on any atom is 0.330 e. The van der Waals surface area contributed by atoms with E-state index >= 15 is 0 Å². The van der Waals surface area contributed by atoms with Crippen LogP contribution in [0.4, 0.5) is 0 Å². The second kappa shape index (κ2) is 1.96. The number of cyclic esters (lactones) is 1. The largest absolute Gasteiger partial charge is 0.459 e. The molecular weight excluding hydrogens is 108 g/mol. The summed E-state index contributed by atoms with van der Waals surface area (Å²) in [4.78, 5) is 10.2. The second-order valence-electron chi connectivity index (χ2n) is 1.56. The molecular formula is C5H6O3. The molecule has 0 bridgehead atoms. The van der Waals surface area contributed by atoms with E-state index in [0.717, 1.165) is 0 Å². The molecule has 8 heavy (non-hydrogen) atoms. The van der Waals surface area contributed by atoms with Crippen LogP contribution in [0.25, 0.3) is 0 Å². The lowest BCUT2D eigenvalue weighted by atomic mass is 10.3. The van der Waals surface area contributed by atoms with Gasteiger partial charge >= 0.3 is 5.97 Å². The van der Waals surface area contributed by atoms with Crippen molar-refractivity contribution in [2.24, 2.45) is 0 Å². The number of rotatable bonds is 0. The van der Waals surface area contributed by atoms with Crippen LogP contribution in [0.2, 0.25) is 0 Å². The van der Waals surface area contributed by atoms with Crippen molar-refractivity contribution >= 4 is 5.97 Å². The first-order valence-corrected chi connectivity index (χ1v) is 2.32. The van der Waals surface area contributed by atoms with Crippen molar-refractivity contribution < 1.29 is 14.6 Å². The van der Waals surface area contributed by atoms with Crippen molar-refractivity contribution in [3.8, 4) is 0 Å². The molecule has 1 atom stereocenters. The Balaban J connectivity index is 2.55. The molecule has 0 saturated carbocycles. The van der Waals surface area contributed by atoms with E-state index in [2.05, 4.69) is 4.74 Å². The zero-order chi connectivity index (χ0) is 5.98. The number of hydrogen-bond donors (Lipinski definition) is 1. The molecule has 1 heterocycles. The molecule has 0 saturated heterocycles. The van der Waals surface area contributed by atoms with Gasteiger partial charge in [0.25, 0.3) is 0 Å². The van der Waals surface area contributed by atoms with Gasteiger partial charge in [-0.05, 0) is 6.08 Å². The van der Waals surface area contributed by atoms with Crippen molar-refractivity contribution in [3.05, 3.63) is 12.2 Å². The lowest BCUT2D eigenvalue weighted by Gasteiger charge is -2.09. The summed E-state index contributed by atoms with van der Waals surface area (Å²) in [6.45, 7) is 0.0926. The maximum atomic E-state index is 10.2. The first-order valence-electron chi connectivity index (χ1n) is 2.32. The molecule has 1 N–H and O–H groups in total. The Morgan fingerprint density at radius 1 is 1.88 bits per heavy atom. The van der Waals surface area contributed by atoms with Gasteiger partial charge in [0.1, 0.15) is 12.7 Å². The quantitative estimate of drug-likeness (QED) is 0.430. The number of esters is 1. The molecule has 1 aliphatic rings. The predicted octanol–water partition coefficient (Wildman–Crippen LogP) is -0.540. The number of aliphatic hydroxyl groups excluding tert-OH is 1. The van der Waals surface area contributed by atoms with E-state index in [1.54, 1.807) is 0 Å². The van der Waals surface area contributed by atoms with Gasteiger partial charge in [0, 0.05) is 6.08 Å². The molecule has 0 radical (unpaired) electrons. The summed E-state index contributed by atoms with van der Waals surface area (Å²) in [7, 11) is 0. The molecule has 1 aliphatic heterocycles. The third kappa shape index (κ3) is 1.07. The van der Waals surface area contributed by atoms with E-state index in [0.29, 0.717) is 0 Å². The van der Waals surface area contributed by atoms with E-state index in [9.17, 15) is 4.79 Å². The van der Waals surface area contributed by atoms with Gasteiger partial charge in [-0.15, -0.1) is 0 Å². The minimum atomic E-state index is -0.604. The molecule has 0 aromatic carbocycles. The van der Waals surface area contributed by atoms with Crippen molar-refractivity contribution in [2.75, 3.05) is 6.61 Å². The fourth-order valence-electron chi connectivity index (χ4n) is 0.461. The molecule has 0 aromatic rings. The van der Waals surface area contributed by atoms with Crippen molar-refractivity contribution in [3.63, 3.8) is 0 Å². The van der Waals surface area contributed by atoms with Crippen LogP contribution >= 0.6 is 0 Å². The summed E-state index contributed by atoms with van der Waals surface area (Å²) in [6.07, 6.45) is 2.02. The van der Waals surface area contributed by atoms with E-state index in [1.165, 1.54) is 12.2 Å². The van der Waals surface area contributed by atoms with Crippen molar-refractivity contribution in [1.29, 1.82) is 0 Å². The lowest BCUT2D eigenvalue weighted by Crippen LogP contribution is -2.19. The first kappa shape index (κ1) is 5.31. The van der Waals surface area contributed by atoms with Crippen LogP contribution in [0.5, 0.6) is 0 Å². The fourth-order valence-corrected chi connectivity index (χ4v) is 0.461. The smallest absolute Gasteiger partial charge is 0.330 e. The number of carbonyl (C=O) groups excluding carboxylic acids is 1. The summed E-state index contributed by atoms with van der Waals surface area (Å²) < 4.78 is 4.41. The topological polar surface area (TPSA) is 46.5 Å². The second-order valence-corrected chi connectivity index (χ2v) is 1.56. The molecule has 3 heteroatoms. The first-order chi connectivity index (χ1) is 3.79. The summed E-state index contributed by atoms with van der Waals surface area (Å²) in [5.41, 5.74) is 0. The summed E-state index contributed by atoms with van der Waals surface area (Å²) in [5, 5.41) is 8.66. The number of ether oxygens (including phenoxy) is 1. The molecule has 0 fully saturated rings. The predicted molar refractivity (Wildman–Crippen MR) is 26.1 cm³/mol. The SMILES string of the molecule is O=C1C=C[C@@H](O)CO1. The molecule has 0 amide bonds. The average Bonchev–Trinajstić information content (AvgIpc) is 1.77. The molecule has 0 aliphatic carbocycles. The van der Waals surface area contributed by atoms with Crippen LogP contribution in [0, 0.1) is 0 Å². The van der Waals surface area contributed by atoms with Gasteiger partial charge < -0.3 is 9.84 Å². The number of hydrogen-bond acceptors (Lipinski definition) is 3. The van der Waals surface area contributed by atoms with E-state index < -0.39 is 6.10 Å². The Morgan fingerprint density at radius 3 is 3.00 bits per heavy atom. The maximum absolute atomic E-state index is 10.2. The van der Waals surface area contributed by atoms with Crippen LogP contribution in [0.15, 0.2) is 12.2 Å². The molecule has 0 aromatic heterocycles. The Bertz CT molecular complexity index is 128. The fraction of sp³-hybridized carbons (Fsp3) is 0.400. The van der Waals surface area contributed by atoms with Crippen LogP contribution in [-0.4, -0.2) is 23.8 Å². The highest BCUT2D eigenvalue weighted by molar-refractivity contribution is 5.82. The normalized spacial score (nSPS) is 27.6. The van der Waals surface area contributed by atoms with Crippen molar-refractivity contribution in [1.82, 2.24) is 0 Å². The van der Waals surface area contributed by atoms with Gasteiger partial charge in [-0.2, -0.15) is 0 Å². The minimum absolute atomic E-state index is 0.0926.